The summed E-state index contributed by atoms with van der Waals surface area (Å²) in [6.07, 6.45) is -3.21. The standard InChI is InChI=1S/C12H12F3N5O/c1-2-16-11(21)20-19-10-7-3-4-9(12(13,14)15)18-8(7)5-6-17-10/h3-6H,2H2,1H3,(H,17,19)(H2,16,20,21). The number of pyridine rings is 2. The number of aromatic nitrogens is 2. The van der Waals surface area contributed by atoms with Crippen molar-refractivity contribution in [3.63, 3.8) is 0 Å². The number of fused-ring (bicyclic) bond motifs is 1. The van der Waals surface area contributed by atoms with E-state index in [1.165, 1.54) is 18.3 Å². The summed E-state index contributed by atoms with van der Waals surface area (Å²) < 4.78 is 37.8. The van der Waals surface area contributed by atoms with Crippen LogP contribution in [-0.2, 0) is 6.18 Å². The molecule has 0 radical (unpaired) electrons. The van der Waals surface area contributed by atoms with Crippen LogP contribution in [0.25, 0.3) is 10.9 Å². The Morgan fingerprint density at radius 1 is 1.29 bits per heavy atom. The van der Waals surface area contributed by atoms with Crippen LogP contribution in [-0.4, -0.2) is 22.5 Å². The Hall–Kier alpha value is -2.58. The number of halogens is 3. The molecule has 9 heteroatoms. The lowest BCUT2D eigenvalue weighted by molar-refractivity contribution is -0.140. The molecule has 2 heterocycles. The molecular formula is C12H12F3N5O. The number of carbonyl (C=O) groups excluding carboxylic acids is 1. The van der Waals surface area contributed by atoms with Gasteiger partial charge in [-0.3, -0.25) is 10.9 Å². The summed E-state index contributed by atoms with van der Waals surface area (Å²) in [4.78, 5) is 18.8. The van der Waals surface area contributed by atoms with Crippen molar-refractivity contribution in [2.24, 2.45) is 0 Å². The second-order valence-corrected chi connectivity index (χ2v) is 4.03. The van der Waals surface area contributed by atoms with Crippen LogP contribution in [0.1, 0.15) is 12.6 Å². The van der Waals surface area contributed by atoms with Crippen molar-refractivity contribution in [1.82, 2.24) is 20.7 Å². The highest BCUT2D eigenvalue weighted by Crippen LogP contribution is 2.30. The van der Waals surface area contributed by atoms with E-state index in [-0.39, 0.29) is 11.3 Å². The van der Waals surface area contributed by atoms with Crippen molar-refractivity contribution in [2.75, 3.05) is 12.0 Å². The summed E-state index contributed by atoms with van der Waals surface area (Å²) in [6.45, 7) is 2.19. The highest BCUT2D eigenvalue weighted by atomic mass is 19.4. The molecule has 0 aliphatic carbocycles. The van der Waals surface area contributed by atoms with E-state index in [1.807, 2.05) is 0 Å². The number of nitrogens with one attached hydrogen (secondary N) is 3. The Balaban J connectivity index is 2.28. The van der Waals surface area contributed by atoms with E-state index in [0.29, 0.717) is 11.9 Å². The predicted molar refractivity (Wildman–Crippen MR) is 70.4 cm³/mol. The number of carbonyl (C=O) groups is 1. The zero-order chi connectivity index (χ0) is 15.5. The molecule has 0 atom stereocenters. The molecule has 0 saturated heterocycles. The third-order valence-corrected chi connectivity index (χ3v) is 2.54. The lowest BCUT2D eigenvalue weighted by Gasteiger charge is -2.11. The van der Waals surface area contributed by atoms with Gasteiger partial charge in [0.2, 0.25) is 0 Å². The normalized spacial score (nSPS) is 11.2. The Kier molecular flexibility index (Phi) is 4.10. The number of rotatable bonds is 3. The van der Waals surface area contributed by atoms with Crippen LogP contribution in [0, 0.1) is 0 Å². The lowest BCUT2D eigenvalue weighted by atomic mass is 10.2. The molecule has 0 unspecified atom stereocenters. The maximum atomic E-state index is 12.6. The minimum atomic E-state index is -4.51. The summed E-state index contributed by atoms with van der Waals surface area (Å²) in [5.74, 6) is 0.208. The van der Waals surface area contributed by atoms with E-state index in [1.54, 1.807) is 6.92 Å². The Morgan fingerprint density at radius 2 is 2.05 bits per heavy atom. The van der Waals surface area contributed by atoms with Gasteiger partial charge in [0.15, 0.2) is 5.82 Å². The topological polar surface area (TPSA) is 78.9 Å². The van der Waals surface area contributed by atoms with Gasteiger partial charge in [0.05, 0.1) is 5.52 Å². The molecule has 21 heavy (non-hydrogen) atoms. The third kappa shape index (κ3) is 3.50. The van der Waals surface area contributed by atoms with Crippen LogP contribution in [0.2, 0.25) is 0 Å². The molecule has 0 bridgehead atoms. The van der Waals surface area contributed by atoms with Gasteiger partial charge in [-0.1, -0.05) is 0 Å². The predicted octanol–water partition coefficient (Wildman–Crippen LogP) is 2.29. The van der Waals surface area contributed by atoms with Crippen molar-refractivity contribution in [3.8, 4) is 0 Å². The lowest BCUT2D eigenvalue weighted by Crippen LogP contribution is -2.39. The van der Waals surface area contributed by atoms with Gasteiger partial charge in [-0.25, -0.2) is 14.8 Å². The first kappa shape index (κ1) is 14.8. The molecule has 2 amide bonds. The van der Waals surface area contributed by atoms with Crippen LogP contribution >= 0.6 is 0 Å². The summed E-state index contributed by atoms with van der Waals surface area (Å²) in [5, 5.41) is 2.85. The molecule has 3 N–H and O–H groups in total. The van der Waals surface area contributed by atoms with E-state index in [4.69, 9.17) is 0 Å². The molecule has 112 valence electrons. The van der Waals surface area contributed by atoms with Crippen LogP contribution in [0.15, 0.2) is 24.4 Å². The number of urea groups is 1. The van der Waals surface area contributed by atoms with Gasteiger partial charge in [-0.05, 0) is 25.1 Å². The average molecular weight is 299 g/mol. The van der Waals surface area contributed by atoms with Gasteiger partial charge in [0, 0.05) is 18.1 Å². The van der Waals surface area contributed by atoms with Gasteiger partial charge < -0.3 is 5.32 Å². The van der Waals surface area contributed by atoms with Crippen molar-refractivity contribution >= 4 is 22.8 Å². The van der Waals surface area contributed by atoms with Crippen molar-refractivity contribution in [3.05, 3.63) is 30.1 Å². The van der Waals surface area contributed by atoms with E-state index in [0.717, 1.165) is 6.07 Å². The number of alkyl halides is 3. The molecule has 0 saturated carbocycles. The summed E-state index contributed by atoms with van der Waals surface area (Å²) in [6, 6.07) is 3.00. The van der Waals surface area contributed by atoms with Gasteiger partial charge in [0.25, 0.3) is 0 Å². The summed E-state index contributed by atoms with van der Waals surface area (Å²) in [5.41, 5.74) is 4.00. The van der Waals surface area contributed by atoms with Crippen molar-refractivity contribution in [2.45, 2.75) is 13.1 Å². The summed E-state index contributed by atoms with van der Waals surface area (Å²) >= 11 is 0. The summed E-state index contributed by atoms with van der Waals surface area (Å²) in [7, 11) is 0. The number of nitrogens with zero attached hydrogens (tertiary/aromatic N) is 2. The molecule has 0 aliphatic rings. The first-order valence-corrected chi connectivity index (χ1v) is 6.04. The van der Waals surface area contributed by atoms with Crippen LogP contribution in [0.5, 0.6) is 0 Å². The number of hydrogen-bond donors (Lipinski definition) is 3. The van der Waals surface area contributed by atoms with Crippen LogP contribution in [0.3, 0.4) is 0 Å². The van der Waals surface area contributed by atoms with E-state index in [9.17, 15) is 18.0 Å². The number of anilines is 1. The first-order chi connectivity index (χ1) is 9.91. The van der Waals surface area contributed by atoms with E-state index >= 15 is 0 Å². The highest BCUT2D eigenvalue weighted by Gasteiger charge is 2.32. The number of hydrogen-bond acceptors (Lipinski definition) is 4. The van der Waals surface area contributed by atoms with Crippen molar-refractivity contribution < 1.29 is 18.0 Å². The molecule has 0 aromatic carbocycles. The molecule has 0 spiro atoms. The highest BCUT2D eigenvalue weighted by molar-refractivity contribution is 5.89. The SMILES string of the molecule is CCNC(=O)NNc1nccc2nc(C(F)(F)F)ccc12. The Labute approximate surface area is 117 Å². The molecule has 2 aromatic heterocycles. The van der Waals surface area contributed by atoms with E-state index < -0.39 is 17.9 Å². The molecule has 0 fully saturated rings. The molecule has 2 rings (SSSR count). The maximum absolute atomic E-state index is 12.6. The molecule has 2 aromatic rings. The minimum Gasteiger partial charge on any atom is -0.337 e. The quantitative estimate of drug-likeness (QED) is 0.760. The Morgan fingerprint density at radius 3 is 2.71 bits per heavy atom. The fourth-order valence-corrected chi connectivity index (χ4v) is 1.63. The molecule has 0 aliphatic heterocycles. The van der Waals surface area contributed by atoms with Crippen LogP contribution in [0.4, 0.5) is 23.8 Å². The largest absolute Gasteiger partial charge is 0.433 e. The Bertz CT molecular complexity index is 659. The van der Waals surface area contributed by atoms with Gasteiger partial charge >= 0.3 is 12.2 Å². The second kappa shape index (κ2) is 5.81. The van der Waals surface area contributed by atoms with Gasteiger partial charge in [-0.15, -0.1) is 0 Å². The first-order valence-electron chi connectivity index (χ1n) is 6.04. The van der Waals surface area contributed by atoms with Gasteiger partial charge in [0.1, 0.15) is 5.69 Å². The average Bonchev–Trinajstić information content (AvgIpc) is 2.43. The van der Waals surface area contributed by atoms with Crippen molar-refractivity contribution in [1.29, 1.82) is 0 Å². The van der Waals surface area contributed by atoms with Gasteiger partial charge in [-0.2, -0.15) is 13.2 Å². The third-order valence-electron chi connectivity index (χ3n) is 2.54. The molecule has 6 nitrogen and oxygen atoms in total. The maximum Gasteiger partial charge on any atom is 0.433 e. The number of hydrazine groups is 1. The molecular weight excluding hydrogens is 287 g/mol. The van der Waals surface area contributed by atoms with Crippen LogP contribution < -0.4 is 16.2 Å². The smallest absolute Gasteiger partial charge is 0.337 e. The second-order valence-electron chi connectivity index (χ2n) is 4.03. The number of amides is 2. The minimum absolute atomic E-state index is 0.125. The fraction of sp³-hybridized carbons (Fsp3) is 0.250. The van der Waals surface area contributed by atoms with E-state index in [2.05, 4.69) is 26.1 Å². The zero-order valence-corrected chi connectivity index (χ0v) is 11.0. The zero-order valence-electron chi connectivity index (χ0n) is 11.0. The monoisotopic (exact) mass is 299 g/mol. The fourth-order valence-electron chi connectivity index (χ4n) is 1.63.